The molecule has 1 amide bonds. The molecule has 1 unspecified atom stereocenters. The van der Waals surface area contributed by atoms with Gasteiger partial charge in [0.15, 0.2) is 5.16 Å². The minimum absolute atomic E-state index is 0.157. The molecular weight excluding hydrogens is 350 g/mol. The molecule has 3 aromatic rings. The molecule has 1 atom stereocenters. The van der Waals surface area contributed by atoms with Crippen molar-refractivity contribution in [2.24, 2.45) is 0 Å². The van der Waals surface area contributed by atoms with Gasteiger partial charge in [-0.2, -0.15) is 0 Å². The van der Waals surface area contributed by atoms with E-state index in [4.69, 9.17) is 0 Å². The van der Waals surface area contributed by atoms with Crippen LogP contribution in [0.4, 0.5) is 0 Å². The Morgan fingerprint density at radius 2 is 2.16 bits per heavy atom. The monoisotopic (exact) mass is 369 g/mol. The summed E-state index contributed by atoms with van der Waals surface area (Å²) in [5.41, 5.74) is 3.37. The first-order valence-corrected chi connectivity index (χ1v) is 10.1. The predicted molar refractivity (Wildman–Crippen MR) is 103 cm³/mol. The van der Waals surface area contributed by atoms with E-state index in [0.29, 0.717) is 0 Å². The van der Waals surface area contributed by atoms with Crippen molar-refractivity contribution in [2.75, 3.05) is 6.54 Å². The lowest BCUT2D eigenvalue weighted by molar-refractivity contribution is -0.131. The zero-order valence-corrected chi connectivity index (χ0v) is 15.6. The summed E-state index contributed by atoms with van der Waals surface area (Å²) in [7, 11) is 0. The quantitative estimate of drug-likeness (QED) is 0.701. The van der Waals surface area contributed by atoms with E-state index in [1.54, 1.807) is 11.3 Å². The molecule has 6 heteroatoms. The Balaban J connectivity index is 1.41. The van der Waals surface area contributed by atoms with Crippen LogP contribution in [0.15, 0.2) is 53.1 Å². The van der Waals surface area contributed by atoms with Crippen LogP contribution in [0.25, 0.3) is 11.3 Å². The van der Waals surface area contributed by atoms with Crippen molar-refractivity contribution >= 4 is 29.0 Å². The largest absolute Gasteiger partial charge is 0.337 e. The smallest absolute Gasteiger partial charge is 0.236 e. The summed E-state index contributed by atoms with van der Waals surface area (Å²) in [5, 5.41) is 2.74. The number of fused-ring (bicyclic) bond motifs is 1. The summed E-state index contributed by atoms with van der Waals surface area (Å²) in [6.45, 7) is 3.50. The molecule has 25 heavy (non-hydrogen) atoms. The van der Waals surface area contributed by atoms with Gasteiger partial charge in [0, 0.05) is 18.0 Å². The van der Waals surface area contributed by atoms with Crippen molar-refractivity contribution < 1.29 is 4.79 Å². The zero-order chi connectivity index (χ0) is 17.2. The number of carbonyl (C=O) groups excluding carboxylic acids is 1. The molecular formula is C19H19N3OS2. The van der Waals surface area contributed by atoms with E-state index in [0.717, 1.165) is 35.9 Å². The van der Waals surface area contributed by atoms with Gasteiger partial charge < -0.3 is 9.88 Å². The van der Waals surface area contributed by atoms with Gasteiger partial charge in [-0.3, -0.25) is 4.79 Å². The molecule has 0 saturated heterocycles. The van der Waals surface area contributed by atoms with Crippen LogP contribution in [0.1, 0.15) is 17.4 Å². The van der Waals surface area contributed by atoms with Gasteiger partial charge in [-0.1, -0.05) is 42.1 Å². The van der Waals surface area contributed by atoms with Gasteiger partial charge in [0.1, 0.15) is 0 Å². The number of benzene rings is 1. The fourth-order valence-electron chi connectivity index (χ4n) is 3.04. The molecule has 1 aliphatic rings. The normalized spacial score (nSPS) is 15.0. The van der Waals surface area contributed by atoms with Gasteiger partial charge in [-0.25, -0.2) is 4.98 Å². The molecule has 4 nitrogen and oxygen atoms in total. The van der Waals surface area contributed by atoms with Crippen LogP contribution in [0.3, 0.4) is 0 Å². The number of nitrogens with one attached hydrogen (secondary N) is 1. The number of carbonyl (C=O) groups is 1. The molecule has 4 rings (SSSR count). The van der Waals surface area contributed by atoms with Crippen molar-refractivity contribution in [1.29, 1.82) is 0 Å². The van der Waals surface area contributed by atoms with Crippen LogP contribution in [-0.4, -0.2) is 32.6 Å². The Morgan fingerprint density at radius 1 is 1.32 bits per heavy atom. The molecule has 2 aromatic heterocycles. The Kier molecular flexibility index (Phi) is 4.63. The number of aromatic nitrogens is 2. The number of rotatable bonds is 4. The highest BCUT2D eigenvalue weighted by atomic mass is 32.2. The third-order valence-corrected chi connectivity index (χ3v) is 6.40. The Morgan fingerprint density at radius 3 is 3.00 bits per heavy atom. The van der Waals surface area contributed by atoms with Crippen LogP contribution in [0.2, 0.25) is 0 Å². The van der Waals surface area contributed by atoms with Gasteiger partial charge in [0.25, 0.3) is 0 Å². The maximum atomic E-state index is 12.8. The van der Waals surface area contributed by atoms with Crippen LogP contribution in [0, 0.1) is 0 Å². The van der Waals surface area contributed by atoms with Crippen molar-refractivity contribution in [3.05, 3.63) is 58.4 Å². The SMILES string of the molecule is CC(Sc1ncc(-c2ccccc2)[nH]1)C(=O)N1CCc2sccc2C1. The van der Waals surface area contributed by atoms with E-state index in [1.807, 2.05) is 48.4 Å². The number of amides is 1. The molecule has 1 aliphatic heterocycles. The maximum absolute atomic E-state index is 12.8. The minimum atomic E-state index is -0.157. The topological polar surface area (TPSA) is 49.0 Å². The standard InChI is InChI=1S/C19H19N3OS2/c1-13(18(23)22-9-7-17-15(12-22)8-10-24-17)25-19-20-11-16(21-19)14-5-3-2-4-6-14/h2-6,8,10-11,13H,7,9,12H2,1H3,(H,20,21). The molecule has 0 saturated carbocycles. The van der Waals surface area contributed by atoms with Crippen molar-refractivity contribution in [1.82, 2.24) is 14.9 Å². The lowest BCUT2D eigenvalue weighted by Crippen LogP contribution is -2.39. The first-order chi connectivity index (χ1) is 12.2. The number of hydrogen-bond acceptors (Lipinski definition) is 4. The summed E-state index contributed by atoms with van der Waals surface area (Å²) in [6, 6.07) is 12.2. The van der Waals surface area contributed by atoms with Crippen molar-refractivity contribution in [3.63, 3.8) is 0 Å². The van der Waals surface area contributed by atoms with Crippen LogP contribution < -0.4 is 0 Å². The van der Waals surface area contributed by atoms with Gasteiger partial charge in [-0.05, 0) is 35.9 Å². The third kappa shape index (κ3) is 3.50. The fourth-order valence-corrected chi connectivity index (χ4v) is 4.80. The summed E-state index contributed by atoms with van der Waals surface area (Å²) >= 11 is 3.28. The Bertz CT molecular complexity index is 872. The molecule has 0 bridgehead atoms. The van der Waals surface area contributed by atoms with E-state index in [1.165, 1.54) is 22.2 Å². The van der Waals surface area contributed by atoms with Gasteiger partial charge in [-0.15, -0.1) is 11.3 Å². The van der Waals surface area contributed by atoms with Crippen LogP contribution in [0.5, 0.6) is 0 Å². The highest BCUT2D eigenvalue weighted by molar-refractivity contribution is 8.00. The van der Waals surface area contributed by atoms with Crippen molar-refractivity contribution in [2.45, 2.75) is 30.3 Å². The number of thioether (sulfide) groups is 1. The first kappa shape index (κ1) is 16.4. The van der Waals surface area contributed by atoms with E-state index in [2.05, 4.69) is 21.4 Å². The second kappa shape index (κ2) is 7.06. The van der Waals surface area contributed by atoms with Gasteiger partial charge in [0.05, 0.1) is 17.1 Å². The number of H-pyrrole nitrogens is 1. The average Bonchev–Trinajstić information content (AvgIpc) is 3.30. The first-order valence-electron chi connectivity index (χ1n) is 8.32. The van der Waals surface area contributed by atoms with Crippen LogP contribution >= 0.6 is 23.1 Å². The third-order valence-electron chi connectivity index (χ3n) is 4.39. The summed E-state index contributed by atoms with van der Waals surface area (Å²) in [6.07, 6.45) is 2.79. The lowest BCUT2D eigenvalue weighted by Gasteiger charge is -2.29. The summed E-state index contributed by atoms with van der Waals surface area (Å²) in [5.74, 6) is 0.180. The van der Waals surface area contributed by atoms with Gasteiger partial charge in [0.2, 0.25) is 5.91 Å². The van der Waals surface area contributed by atoms with E-state index in [-0.39, 0.29) is 11.2 Å². The van der Waals surface area contributed by atoms with Gasteiger partial charge >= 0.3 is 0 Å². The highest BCUT2D eigenvalue weighted by Crippen LogP contribution is 2.28. The fraction of sp³-hybridized carbons (Fsp3) is 0.263. The number of hydrogen-bond donors (Lipinski definition) is 1. The number of imidazole rings is 1. The molecule has 0 fully saturated rings. The predicted octanol–water partition coefficient (Wildman–Crippen LogP) is 4.20. The number of thiophene rings is 1. The van der Waals surface area contributed by atoms with Crippen LogP contribution in [-0.2, 0) is 17.8 Å². The van der Waals surface area contributed by atoms with E-state index < -0.39 is 0 Å². The molecule has 3 heterocycles. The Labute approximate surface area is 155 Å². The number of aromatic amines is 1. The Hall–Kier alpha value is -2.05. The molecule has 1 N–H and O–H groups in total. The molecule has 1 aromatic carbocycles. The molecule has 0 spiro atoms. The molecule has 0 aliphatic carbocycles. The highest BCUT2D eigenvalue weighted by Gasteiger charge is 2.26. The molecule has 0 radical (unpaired) electrons. The second-order valence-electron chi connectivity index (χ2n) is 6.11. The summed E-state index contributed by atoms with van der Waals surface area (Å²) < 4.78 is 0. The van der Waals surface area contributed by atoms with Crippen molar-refractivity contribution in [3.8, 4) is 11.3 Å². The molecule has 128 valence electrons. The maximum Gasteiger partial charge on any atom is 0.236 e. The number of nitrogens with zero attached hydrogens (tertiary/aromatic N) is 2. The zero-order valence-electron chi connectivity index (χ0n) is 13.9. The van der Waals surface area contributed by atoms with E-state index in [9.17, 15) is 4.79 Å². The van der Waals surface area contributed by atoms with E-state index >= 15 is 0 Å². The lowest BCUT2D eigenvalue weighted by atomic mass is 10.1. The second-order valence-corrected chi connectivity index (χ2v) is 8.44. The summed E-state index contributed by atoms with van der Waals surface area (Å²) in [4.78, 5) is 23.9. The average molecular weight is 370 g/mol. The minimum Gasteiger partial charge on any atom is -0.337 e.